The summed E-state index contributed by atoms with van der Waals surface area (Å²) in [5.74, 6) is 1.63. The first-order valence-electron chi connectivity index (χ1n) is 7.48. The Bertz CT molecular complexity index is 384. The third kappa shape index (κ3) is 4.34. The number of nitrogen functional groups attached to an aromatic ring is 1. The van der Waals surface area contributed by atoms with Gasteiger partial charge in [0.05, 0.1) is 18.4 Å². The number of ether oxygens (including phenoxy) is 2. The van der Waals surface area contributed by atoms with Gasteiger partial charge in [-0.05, 0) is 44.2 Å². The zero-order valence-corrected chi connectivity index (χ0v) is 11.9. The topological polar surface area (TPSA) is 44.5 Å². The van der Waals surface area contributed by atoms with Gasteiger partial charge in [0.15, 0.2) is 0 Å². The van der Waals surface area contributed by atoms with E-state index >= 15 is 0 Å². The van der Waals surface area contributed by atoms with Gasteiger partial charge in [0, 0.05) is 6.07 Å². The summed E-state index contributed by atoms with van der Waals surface area (Å²) in [6.07, 6.45) is 8.89. The highest BCUT2D eigenvalue weighted by Crippen LogP contribution is 2.29. The van der Waals surface area contributed by atoms with Gasteiger partial charge in [0.1, 0.15) is 11.5 Å². The van der Waals surface area contributed by atoms with E-state index < -0.39 is 0 Å². The highest BCUT2D eigenvalue weighted by molar-refractivity contribution is 5.55. The van der Waals surface area contributed by atoms with E-state index in [0.29, 0.717) is 18.4 Å². The lowest BCUT2D eigenvalue weighted by Crippen LogP contribution is -2.15. The van der Waals surface area contributed by atoms with Crippen LogP contribution in [0.3, 0.4) is 0 Å². The van der Waals surface area contributed by atoms with Crippen LogP contribution in [0.5, 0.6) is 11.5 Å². The maximum absolute atomic E-state index is 6.08. The van der Waals surface area contributed by atoms with Crippen LogP contribution in [0.25, 0.3) is 0 Å². The normalized spacial score (nSPS) is 16.9. The molecule has 1 aromatic carbocycles. The van der Waals surface area contributed by atoms with Crippen molar-refractivity contribution in [1.29, 1.82) is 0 Å². The summed E-state index contributed by atoms with van der Waals surface area (Å²) in [5.41, 5.74) is 6.59. The molecule has 1 saturated carbocycles. The first-order chi connectivity index (χ1) is 9.29. The molecule has 0 unspecified atom stereocenters. The summed E-state index contributed by atoms with van der Waals surface area (Å²) in [4.78, 5) is 0. The second kappa shape index (κ2) is 7.27. The van der Waals surface area contributed by atoms with Crippen molar-refractivity contribution in [3.63, 3.8) is 0 Å². The largest absolute Gasteiger partial charge is 0.491 e. The fourth-order valence-corrected chi connectivity index (χ4v) is 2.48. The molecular formula is C16H25NO2. The Morgan fingerprint density at radius 1 is 1.16 bits per heavy atom. The Labute approximate surface area is 116 Å². The Morgan fingerprint density at radius 3 is 2.58 bits per heavy atom. The van der Waals surface area contributed by atoms with Crippen molar-refractivity contribution in [1.82, 2.24) is 0 Å². The average molecular weight is 263 g/mol. The zero-order chi connectivity index (χ0) is 13.5. The average Bonchev–Trinajstić information content (AvgIpc) is 2.68. The smallest absolute Gasteiger partial charge is 0.145 e. The minimum atomic E-state index is 0.352. The first kappa shape index (κ1) is 14.0. The van der Waals surface area contributed by atoms with Crippen LogP contribution in [0, 0.1) is 0 Å². The molecule has 0 amide bonds. The predicted molar refractivity (Wildman–Crippen MR) is 78.8 cm³/mol. The number of hydrogen-bond acceptors (Lipinski definition) is 3. The summed E-state index contributed by atoms with van der Waals surface area (Å²) in [5, 5.41) is 0. The minimum Gasteiger partial charge on any atom is -0.491 e. The summed E-state index contributed by atoms with van der Waals surface area (Å²) in [7, 11) is 0. The molecule has 1 aliphatic carbocycles. The molecule has 0 saturated heterocycles. The van der Waals surface area contributed by atoms with Crippen LogP contribution < -0.4 is 15.2 Å². The molecule has 0 spiro atoms. The molecule has 2 N–H and O–H groups in total. The fourth-order valence-electron chi connectivity index (χ4n) is 2.48. The molecule has 0 bridgehead atoms. The number of anilines is 1. The molecule has 0 atom stereocenters. The van der Waals surface area contributed by atoms with E-state index in [4.69, 9.17) is 15.2 Å². The molecule has 19 heavy (non-hydrogen) atoms. The van der Waals surface area contributed by atoms with E-state index in [0.717, 1.165) is 30.8 Å². The van der Waals surface area contributed by atoms with Crippen molar-refractivity contribution in [2.75, 3.05) is 12.3 Å². The maximum atomic E-state index is 6.08. The summed E-state index contributed by atoms with van der Waals surface area (Å²) in [6, 6.07) is 5.74. The molecule has 1 aromatic rings. The Hall–Kier alpha value is -1.38. The van der Waals surface area contributed by atoms with Crippen LogP contribution in [0.15, 0.2) is 18.2 Å². The van der Waals surface area contributed by atoms with Gasteiger partial charge in [-0.2, -0.15) is 0 Å². The highest BCUT2D eigenvalue weighted by Gasteiger charge is 2.14. The molecule has 3 heteroatoms. The van der Waals surface area contributed by atoms with Gasteiger partial charge in [-0.25, -0.2) is 0 Å². The molecule has 2 rings (SSSR count). The van der Waals surface area contributed by atoms with Gasteiger partial charge in [-0.3, -0.25) is 0 Å². The second-order valence-electron chi connectivity index (χ2n) is 5.28. The lowest BCUT2D eigenvalue weighted by Gasteiger charge is -2.18. The Kier molecular flexibility index (Phi) is 5.37. The van der Waals surface area contributed by atoms with E-state index in [1.54, 1.807) is 0 Å². The lowest BCUT2D eigenvalue weighted by molar-refractivity contribution is 0.183. The summed E-state index contributed by atoms with van der Waals surface area (Å²) < 4.78 is 11.7. The van der Waals surface area contributed by atoms with Crippen LogP contribution in [0.4, 0.5) is 5.69 Å². The van der Waals surface area contributed by atoms with Gasteiger partial charge in [-0.1, -0.05) is 19.8 Å². The number of hydrogen-bond donors (Lipinski definition) is 1. The second-order valence-corrected chi connectivity index (χ2v) is 5.28. The van der Waals surface area contributed by atoms with Crippen LogP contribution in [0.1, 0.15) is 51.9 Å². The number of nitrogens with two attached hydrogens (primary N) is 1. The molecule has 1 fully saturated rings. The summed E-state index contributed by atoms with van der Waals surface area (Å²) >= 11 is 0. The van der Waals surface area contributed by atoms with Gasteiger partial charge in [0.2, 0.25) is 0 Å². The Balaban J connectivity index is 1.98. The van der Waals surface area contributed by atoms with Gasteiger partial charge >= 0.3 is 0 Å². The lowest BCUT2D eigenvalue weighted by atomic mass is 10.1. The van der Waals surface area contributed by atoms with Crippen molar-refractivity contribution in [2.45, 2.75) is 58.0 Å². The molecule has 3 nitrogen and oxygen atoms in total. The molecule has 0 heterocycles. The Morgan fingerprint density at radius 2 is 1.89 bits per heavy atom. The van der Waals surface area contributed by atoms with Gasteiger partial charge < -0.3 is 15.2 Å². The van der Waals surface area contributed by atoms with E-state index in [1.807, 2.05) is 18.2 Å². The monoisotopic (exact) mass is 263 g/mol. The van der Waals surface area contributed by atoms with E-state index in [-0.39, 0.29) is 0 Å². The third-order valence-corrected chi connectivity index (χ3v) is 3.55. The van der Waals surface area contributed by atoms with Crippen molar-refractivity contribution in [2.24, 2.45) is 0 Å². The first-order valence-corrected chi connectivity index (χ1v) is 7.48. The fraction of sp³-hybridized carbons (Fsp3) is 0.625. The van der Waals surface area contributed by atoms with Crippen LogP contribution >= 0.6 is 0 Å². The third-order valence-electron chi connectivity index (χ3n) is 3.55. The van der Waals surface area contributed by atoms with Crippen molar-refractivity contribution in [3.8, 4) is 11.5 Å². The quantitative estimate of drug-likeness (QED) is 0.641. The van der Waals surface area contributed by atoms with Crippen LogP contribution in [0.2, 0.25) is 0 Å². The van der Waals surface area contributed by atoms with Crippen molar-refractivity contribution >= 4 is 5.69 Å². The van der Waals surface area contributed by atoms with Crippen molar-refractivity contribution < 1.29 is 9.47 Å². The molecule has 106 valence electrons. The molecule has 0 radical (unpaired) electrons. The van der Waals surface area contributed by atoms with E-state index in [2.05, 4.69) is 6.92 Å². The van der Waals surface area contributed by atoms with Gasteiger partial charge in [0.25, 0.3) is 0 Å². The van der Waals surface area contributed by atoms with Crippen LogP contribution in [-0.4, -0.2) is 12.7 Å². The molecule has 1 aliphatic rings. The predicted octanol–water partition coefficient (Wildman–Crippen LogP) is 4.16. The summed E-state index contributed by atoms with van der Waals surface area (Å²) in [6.45, 7) is 2.78. The standard InChI is InChI=1S/C16H25NO2/c1-2-11-18-16-12-14(9-10-15(16)17)19-13-7-5-3-4-6-8-13/h9-10,12-13H,2-8,11,17H2,1H3. The van der Waals surface area contributed by atoms with E-state index in [1.165, 1.54) is 25.7 Å². The minimum absolute atomic E-state index is 0.352. The molecular weight excluding hydrogens is 238 g/mol. The maximum Gasteiger partial charge on any atom is 0.145 e. The highest BCUT2D eigenvalue weighted by atomic mass is 16.5. The zero-order valence-electron chi connectivity index (χ0n) is 11.9. The van der Waals surface area contributed by atoms with Gasteiger partial charge in [-0.15, -0.1) is 0 Å². The van der Waals surface area contributed by atoms with Crippen LogP contribution in [-0.2, 0) is 0 Å². The molecule has 0 aliphatic heterocycles. The molecule has 0 aromatic heterocycles. The SMILES string of the molecule is CCCOc1cc(OC2CCCCCC2)ccc1N. The number of rotatable bonds is 5. The van der Waals surface area contributed by atoms with E-state index in [9.17, 15) is 0 Å². The van der Waals surface area contributed by atoms with Crippen molar-refractivity contribution in [3.05, 3.63) is 18.2 Å². The number of benzene rings is 1.